The number of rotatable bonds is 8. The fraction of sp³-hybridized carbons (Fsp3) is 0.143. The molecule has 0 spiro atoms. The molecule has 0 bridgehead atoms. The lowest BCUT2D eigenvalue weighted by molar-refractivity contribution is -0.384. The molecule has 0 saturated heterocycles. The molecule has 0 atom stereocenters. The second-order valence-electron chi connectivity index (χ2n) is 6.68. The van der Waals surface area contributed by atoms with Crippen molar-refractivity contribution in [2.75, 3.05) is 25.3 Å². The van der Waals surface area contributed by atoms with Crippen LogP contribution in [0.5, 0.6) is 11.5 Å². The van der Waals surface area contributed by atoms with Gasteiger partial charge in [-0.25, -0.2) is 0 Å². The Kier molecular flexibility index (Phi) is 6.36. The monoisotopic (exact) mass is 466 g/mol. The Labute approximate surface area is 191 Å². The molecule has 4 rings (SSSR count). The third-order valence-corrected chi connectivity index (χ3v) is 5.52. The average Bonchev–Trinajstić information content (AvgIpc) is 3.25. The molecule has 11 nitrogen and oxygen atoms in total. The number of nitrogens with zero attached hydrogens (tertiary/aromatic N) is 5. The van der Waals surface area contributed by atoms with Gasteiger partial charge in [-0.15, -0.1) is 10.2 Å². The van der Waals surface area contributed by atoms with E-state index in [1.807, 2.05) is 0 Å². The van der Waals surface area contributed by atoms with E-state index in [2.05, 4.69) is 20.6 Å². The van der Waals surface area contributed by atoms with Crippen LogP contribution in [0, 0.1) is 10.1 Å². The SMILES string of the molecule is COc1ccc(NC(=O)CSc2nnc3ccc(-c4cccc([N+](=O)[O-])c4)nn23)c(OC)c1. The average molecular weight is 466 g/mol. The Hall–Kier alpha value is -4.19. The summed E-state index contributed by atoms with van der Waals surface area (Å²) in [4.78, 5) is 23.1. The second-order valence-corrected chi connectivity index (χ2v) is 7.62. The summed E-state index contributed by atoms with van der Waals surface area (Å²) in [5.41, 5.74) is 2.07. The van der Waals surface area contributed by atoms with Crippen LogP contribution < -0.4 is 14.8 Å². The number of nitrogens with one attached hydrogen (secondary N) is 1. The lowest BCUT2D eigenvalue weighted by Gasteiger charge is -2.11. The van der Waals surface area contributed by atoms with Gasteiger partial charge in [-0.05, 0) is 24.3 Å². The maximum absolute atomic E-state index is 12.5. The van der Waals surface area contributed by atoms with Crippen molar-refractivity contribution in [3.63, 3.8) is 0 Å². The van der Waals surface area contributed by atoms with Crippen LogP contribution >= 0.6 is 11.8 Å². The van der Waals surface area contributed by atoms with Gasteiger partial charge in [0, 0.05) is 23.8 Å². The summed E-state index contributed by atoms with van der Waals surface area (Å²) < 4.78 is 12.0. The quantitative estimate of drug-likeness (QED) is 0.235. The van der Waals surface area contributed by atoms with Crippen LogP contribution in [0.15, 0.2) is 59.8 Å². The smallest absolute Gasteiger partial charge is 0.270 e. The van der Waals surface area contributed by atoms with E-state index in [0.29, 0.717) is 39.2 Å². The molecule has 0 aliphatic rings. The molecule has 1 amide bonds. The van der Waals surface area contributed by atoms with Crippen molar-refractivity contribution in [1.82, 2.24) is 19.8 Å². The highest BCUT2D eigenvalue weighted by atomic mass is 32.2. The predicted molar refractivity (Wildman–Crippen MR) is 122 cm³/mol. The van der Waals surface area contributed by atoms with Crippen LogP contribution in [-0.4, -0.2) is 50.6 Å². The summed E-state index contributed by atoms with van der Waals surface area (Å²) in [5, 5.41) is 26.9. The number of hydrogen-bond donors (Lipinski definition) is 1. The van der Waals surface area contributed by atoms with Gasteiger partial charge in [-0.3, -0.25) is 14.9 Å². The molecule has 33 heavy (non-hydrogen) atoms. The zero-order valence-corrected chi connectivity index (χ0v) is 18.4. The van der Waals surface area contributed by atoms with Gasteiger partial charge in [0.1, 0.15) is 11.5 Å². The number of benzene rings is 2. The molecule has 0 aliphatic carbocycles. The maximum Gasteiger partial charge on any atom is 0.270 e. The van der Waals surface area contributed by atoms with E-state index in [-0.39, 0.29) is 17.3 Å². The fourth-order valence-corrected chi connectivity index (χ4v) is 3.70. The van der Waals surface area contributed by atoms with Crippen molar-refractivity contribution < 1.29 is 19.2 Å². The van der Waals surface area contributed by atoms with E-state index in [4.69, 9.17) is 9.47 Å². The van der Waals surface area contributed by atoms with E-state index in [9.17, 15) is 14.9 Å². The Morgan fingerprint density at radius 1 is 1.12 bits per heavy atom. The zero-order chi connectivity index (χ0) is 23.4. The van der Waals surface area contributed by atoms with Crippen molar-refractivity contribution >= 4 is 34.7 Å². The first-order valence-corrected chi connectivity index (χ1v) is 10.6. The fourth-order valence-electron chi connectivity index (χ4n) is 3.01. The molecule has 0 saturated carbocycles. The van der Waals surface area contributed by atoms with Crippen LogP contribution in [-0.2, 0) is 4.79 Å². The Balaban J connectivity index is 1.50. The summed E-state index contributed by atoms with van der Waals surface area (Å²) in [6.07, 6.45) is 0. The minimum absolute atomic E-state index is 0.0293. The second kappa shape index (κ2) is 9.53. The van der Waals surface area contributed by atoms with Crippen LogP contribution in [0.2, 0.25) is 0 Å². The van der Waals surface area contributed by atoms with Crippen LogP contribution in [0.4, 0.5) is 11.4 Å². The Bertz CT molecular complexity index is 1340. The standard InChI is InChI=1S/C21H18N6O5S/c1-31-15-6-7-17(18(11-15)32-2)22-20(28)12-33-21-24-23-19-9-8-16(25-26(19)21)13-4-3-5-14(10-13)27(29)30/h3-11H,12H2,1-2H3,(H,22,28). The minimum Gasteiger partial charge on any atom is -0.497 e. The Morgan fingerprint density at radius 2 is 1.97 bits per heavy atom. The minimum atomic E-state index is -0.460. The van der Waals surface area contributed by atoms with Crippen LogP contribution in [0.25, 0.3) is 16.9 Å². The number of fused-ring (bicyclic) bond motifs is 1. The van der Waals surface area contributed by atoms with Gasteiger partial charge in [0.05, 0.1) is 36.3 Å². The lowest BCUT2D eigenvalue weighted by atomic mass is 10.1. The van der Waals surface area contributed by atoms with Gasteiger partial charge in [-0.1, -0.05) is 23.9 Å². The molecule has 2 heterocycles. The first-order chi connectivity index (χ1) is 16.0. The number of nitro benzene ring substituents is 1. The lowest BCUT2D eigenvalue weighted by Crippen LogP contribution is -2.15. The van der Waals surface area contributed by atoms with Gasteiger partial charge in [0.25, 0.3) is 5.69 Å². The number of anilines is 1. The van der Waals surface area contributed by atoms with E-state index >= 15 is 0 Å². The topological polar surface area (TPSA) is 134 Å². The van der Waals surface area contributed by atoms with Crippen molar-refractivity contribution in [1.29, 1.82) is 0 Å². The highest BCUT2D eigenvalue weighted by molar-refractivity contribution is 7.99. The van der Waals surface area contributed by atoms with E-state index in [0.717, 1.165) is 11.8 Å². The van der Waals surface area contributed by atoms with Crippen molar-refractivity contribution in [3.05, 3.63) is 64.7 Å². The number of hydrogen-bond acceptors (Lipinski definition) is 9. The molecule has 4 aromatic rings. The number of amides is 1. The molecule has 2 aromatic carbocycles. The number of non-ortho nitro benzene ring substituents is 1. The number of carbonyl (C=O) groups excluding carboxylic acids is 1. The summed E-state index contributed by atoms with van der Waals surface area (Å²) in [5.74, 6) is 0.873. The maximum atomic E-state index is 12.5. The first-order valence-electron chi connectivity index (χ1n) is 9.60. The van der Waals surface area contributed by atoms with Crippen LogP contribution in [0.3, 0.4) is 0 Å². The number of ether oxygens (including phenoxy) is 2. The molecule has 0 radical (unpaired) electrons. The third-order valence-electron chi connectivity index (χ3n) is 4.60. The molecular formula is C21H18N6O5S. The van der Waals surface area contributed by atoms with E-state index in [1.165, 1.54) is 23.8 Å². The predicted octanol–water partition coefficient (Wildman–Crippen LogP) is 3.45. The number of thioether (sulfide) groups is 1. The van der Waals surface area contributed by atoms with Gasteiger partial charge >= 0.3 is 0 Å². The largest absolute Gasteiger partial charge is 0.497 e. The van der Waals surface area contributed by atoms with Crippen molar-refractivity contribution in [2.24, 2.45) is 0 Å². The number of methoxy groups -OCH3 is 2. The molecule has 168 valence electrons. The highest BCUT2D eigenvalue weighted by Gasteiger charge is 2.14. The van der Waals surface area contributed by atoms with Crippen molar-refractivity contribution in [3.8, 4) is 22.8 Å². The van der Waals surface area contributed by atoms with Gasteiger partial charge < -0.3 is 14.8 Å². The normalized spacial score (nSPS) is 10.7. The van der Waals surface area contributed by atoms with E-state index in [1.54, 1.807) is 49.6 Å². The summed E-state index contributed by atoms with van der Waals surface area (Å²) in [6.45, 7) is 0. The summed E-state index contributed by atoms with van der Waals surface area (Å²) in [6, 6.07) is 14.7. The summed E-state index contributed by atoms with van der Waals surface area (Å²) >= 11 is 1.16. The molecule has 12 heteroatoms. The molecule has 0 fully saturated rings. The zero-order valence-electron chi connectivity index (χ0n) is 17.6. The number of aromatic nitrogens is 4. The van der Waals surface area contributed by atoms with Gasteiger partial charge in [0.2, 0.25) is 11.1 Å². The third kappa shape index (κ3) is 4.85. The molecular weight excluding hydrogens is 448 g/mol. The molecule has 0 aliphatic heterocycles. The first kappa shape index (κ1) is 22.0. The molecule has 1 N–H and O–H groups in total. The molecule has 0 unspecified atom stereocenters. The van der Waals surface area contributed by atoms with Crippen LogP contribution in [0.1, 0.15) is 0 Å². The number of carbonyl (C=O) groups is 1. The number of nitro groups is 1. The van der Waals surface area contributed by atoms with Crippen molar-refractivity contribution in [2.45, 2.75) is 5.16 Å². The van der Waals surface area contributed by atoms with Gasteiger partial charge in [-0.2, -0.15) is 9.61 Å². The van der Waals surface area contributed by atoms with E-state index < -0.39 is 4.92 Å². The van der Waals surface area contributed by atoms with Gasteiger partial charge in [0.15, 0.2) is 5.65 Å². The highest BCUT2D eigenvalue weighted by Crippen LogP contribution is 2.29. The molecule has 2 aromatic heterocycles. The summed E-state index contributed by atoms with van der Waals surface area (Å²) in [7, 11) is 3.05. The Morgan fingerprint density at radius 3 is 2.73 bits per heavy atom.